The number of thiocarbonyl (C=S) groups is 1. The SMILES string of the molecule is CCCCNC(=S)N/N=C(/C)c1cc(C)sc1C. The number of nitrogens with one attached hydrogen (secondary N) is 2. The van der Waals surface area contributed by atoms with E-state index < -0.39 is 0 Å². The number of aryl methyl sites for hydroxylation is 2. The highest BCUT2D eigenvalue weighted by Gasteiger charge is 2.05. The molecule has 100 valence electrons. The highest BCUT2D eigenvalue weighted by molar-refractivity contribution is 7.80. The summed E-state index contributed by atoms with van der Waals surface area (Å²) in [5, 5.41) is 8.03. The molecule has 0 aromatic carbocycles. The topological polar surface area (TPSA) is 36.4 Å². The Morgan fingerprint density at radius 2 is 2.17 bits per heavy atom. The van der Waals surface area contributed by atoms with Crippen LogP contribution >= 0.6 is 23.6 Å². The Morgan fingerprint density at radius 3 is 2.72 bits per heavy atom. The molecule has 18 heavy (non-hydrogen) atoms. The van der Waals surface area contributed by atoms with Gasteiger partial charge in [0.25, 0.3) is 0 Å². The summed E-state index contributed by atoms with van der Waals surface area (Å²) in [5.74, 6) is 0. The van der Waals surface area contributed by atoms with Crippen molar-refractivity contribution in [2.24, 2.45) is 5.10 Å². The zero-order chi connectivity index (χ0) is 13.5. The van der Waals surface area contributed by atoms with Gasteiger partial charge in [0.15, 0.2) is 5.11 Å². The van der Waals surface area contributed by atoms with E-state index in [1.807, 2.05) is 6.92 Å². The number of hydrogen-bond donors (Lipinski definition) is 2. The van der Waals surface area contributed by atoms with Crippen molar-refractivity contribution in [3.63, 3.8) is 0 Å². The van der Waals surface area contributed by atoms with E-state index in [0.29, 0.717) is 5.11 Å². The van der Waals surface area contributed by atoms with Crippen LogP contribution in [0, 0.1) is 13.8 Å². The van der Waals surface area contributed by atoms with Gasteiger partial charge >= 0.3 is 0 Å². The third kappa shape index (κ3) is 4.74. The lowest BCUT2D eigenvalue weighted by atomic mass is 10.2. The minimum absolute atomic E-state index is 0.590. The molecule has 0 fully saturated rings. The average molecular weight is 283 g/mol. The van der Waals surface area contributed by atoms with Gasteiger partial charge in [0.1, 0.15) is 0 Å². The molecule has 1 aromatic rings. The Balaban J connectivity index is 2.51. The van der Waals surface area contributed by atoms with Crippen molar-refractivity contribution < 1.29 is 0 Å². The van der Waals surface area contributed by atoms with Crippen LogP contribution in [0.4, 0.5) is 0 Å². The Morgan fingerprint density at radius 1 is 1.44 bits per heavy atom. The lowest BCUT2D eigenvalue weighted by Gasteiger charge is -2.07. The number of unbranched alkanes of at least 4 members (excludes halogenated alkanes) is 1. The minimum Gasteiger partial charge on any atom is -0.361 e. The Labute approximate surface area is 119 Å². The van der Waals surface area contributed by atoms with E-state index in [4.69, 9.17) is 12.2 Å². The van der Waals surface area contributed by atoms with Crippen LogP contribution in [0.5, 0.6) is 0 Å². The standard InChI is InChI=1S/C13H21N3S2/c1-5-6-7-14-13(17)16-15-10(3)12-8-9(2)18-11(12)4/h8H,5-7H2,1-4H3,(H2,14,16,17)/b15-10-. The van der Waals surface area contributed by atoms with Crippen LogP contribution in [-0.2, 0) is 0 Å². The van der Waals surface area contributed by atoms with Gasteiger partial charge in [-0.05, 0) is 45.5 Å². The monoisotopic (exact) mass is 283 g/mol. The summed E-state index contributed by atoms with van der Waals surface area (Å²) in [6.45, 7) is 9.27. The van der Waals surface area contributed by atoms with Gasteiger partial charge in [0, 0.05) is 21.9 Å². The molecule has 1 heterocycles. The molecule has 0 radical (unpaired) electrons. The molecule has 0 atom stereocenters. The maximum Gasteiger partial charge on any atom is 0.186 e. The molecule has 0 saturated carbocycles. The fourth-order valence-electron chi connectivity index (χ4n) is 1.60. The molecule has 0 aliphatic carbocycles. The van der Waals surface area contributed by atoms with Crippen molar-refractivity contribution in [2.45, 2.75) is 40.5 Å². The fraction of sp³-hybridized carbons (Fsp3) is 0.538. The zero-order valence-electron chi connectivity index (χ0n) is 11.5. The van der Waals surface area contributed by atoms with Crippen LogP contribution in [0.2, 0.25) is 0 Å². The van der Waals surface area contributed by atoms with E-state index in [1.165, 1.54) is 15.3 Å². The second-order valence-corrected chi connectivity index (χ2v) is 6.11. The summed E-state index contributed by atoms with van der Waals surface area (Å²) in [6.07, 6.45) is 2.28. The van der Waals surface area contributed by atoms with E-state index >= 15 is 0 Å². The second-order valence-electron chi connectivity index (χ2n) is 4.25. The van der Waals surface area contributed by atoms with Crippen molar-refractivity contribution in [3.8, 4) is 0 Å². The van der Waals surface area contributed by atoms with Gasteiger partial charge < -0.3 is 5.32 Å². The Bertz CT molecular complexity index is 435. The van der Waals surface area contributed by atoms with Crippen LogP contribution in [-0.4, -0.2) is 17.4 Å². The van der Waals surface area contributed by atoms with E-state index in [-0.39, 0.29) is 0 Å². The molecule has 2 N–H and O–H groups in total. The van der Waals surface area contributed by atoms with Crippen molar-refractivity contribution in [2.75, 3.05) is 6.54 Å². The number of nitrogens with zero attached hydrogens (tertiary/aromatic N) is 1. The predicted molar refractivity (Wildman–Crippen MR) is 84.6 cm³/mol. The minimum atomic E-state index is 0.590. The molecular formula is C13H21N3S2. The first-order valence-electron chi connectivity index (χ1n) is 6.20. The van der Waals surface area contributed by atoms with E-state index in [1.54, 1.807) is 11.3 Å². The summed E-state index contributed by atoms with van der Waals surface area (Å²) in [6, 6.07) is 2.16. The first-order chi connectivity index (χ1) is 8.54. The van der Waals surface area contributed by atoms with Crippen molar-refractivity contribution in [1.82, 2.24) is 10.7 Å². The van der Waals surface area contributed by atoms with Crippen LogP contribution in [0.1, 0.15) is 42.0 Å². The van der Waals surface area contributed by atoms with Gasteiger partial charge in [-0.2, -0.15) is 5.10 Å². The normalized spacial score (nSPS) is 11.4. The summed E-state index contributed by atoms with van der Waals surface area (Å²) < 4.78 is 0. The lowest BCUT2D eigenvalue weighted by Crippen LogP contribution is -2.33. The molecular weight excluding hydrogens is 262 g/mol. The largest absolute Gasteiger partial charge is 0.361 e. The summed E-state index contributed by atoms with van der Waals surface area (Å²) in [5.41, 5.74) is 5.05. The number of hydrogen-bond acceptors (Lipinski definition) is 3. The predicted octanol–water partition coefficient (Wildman–Crippen LogP) is 3.35. The molecule has 0 spiro atoms. The summed E-state index contributed by atoms with van der Waals surface area (Å²) in [4.78, 5) is 2.60. The maximum absolute atomic E-state index is 5.15. The molecule has 0 aliphatic heterocycles. The number of rotatable bonds is 5. The number of hydrazone groups is 1. The van der Waals surface area contributed by atoms with Gasteiger partial charge in [0.2, 0.25) is 0 Å². The highest BCUT2D eigenvalue weighted by atomic mass is 32.1. The summed E-state index contributed by atoms with van der Waals surface area (Å²) in [7, 11) is 0. The van der Waals surface area contributed by atoms with Crippen LogP contribution in [0.15, 0.2) is 11.2 Å². The van der Waals surface area contributed by atoms with Gasteiger partial charge in [-0.25, -0.2) is 0 Å². The molecule has 0 aliphatic rings. The average Bonchev–Trinajstić information content (AvgIpc) is 2.66. The van der Waals surface area contributed by atoms with Crippen LogP contribution in [0.3, 0.4) is 0 Å². The van der Waals surface area contributed by atoms with Gasteiger partial charge in [-0.3, -0.25) is 5.43 Å². The number of thiophene rings is 1. The smallest absolute Gasteiger partial charge is 0.186 e. The van der Waals surface area contributed by atoms with E-state index in [9.17, 15) is 0 Å². The zero-order valence-corrected chi connectivity index (χ0v) is 13.1. The third-order valence-corrected chi connectivity index (χ3v) is 3.77. The van der Waals surface area contributed by atoms with Crippen molar-refractivity contribution in [3.05, 3.63) is 21.4 Å². The van der Waals surface area contributed by atoms with Gasteiger partial charge in [-0.1, -0.05) is 13.3 Å². The molecule has 0 unspecified atom stereocenters. The van der Waals surface area contributed by atoms with Gasteiger partial charge in [0.05, 0.1) is 5.71 Å². The lowest BCUT2D eigenvalue weighted by molar-refractivity contribution is 0.745. The maximum atomic E-state index is 5.15. The third-order valence-electron chi connectivity index (χ3n) is 2.57. The quantitative estimate of drug-likeness (QED) is 0.376. The molecule has 1 rings (SSSR count). The fourth-order valence-corrected chi connectivity index (χ4v) is 2.73. The molecule has 0 bridgehead atoms. The van der Waals surface area contributed by atoms with Crippen molar-refractivity contribution >= 4 is 34.4 Å². The van der Waals surface area contributed by atoms with Gasteiger partial charge in [-0.15, -0.1) is 11.3 Å². The molecule has 1 aromatic heterocycles. The highest BCUT2D eigenvalue weighted by Crippen LogP contribution is 2.20. The molecule has 0 amide bonds. The Kier molecular flexibility index (Phi) is 6.29. The summed E-state index contributed by atoms with van der Waals surface area (Å²) >= 11 is 6.94. The molecule has 0 saturated heterocycles. The Hall–Kier alpha value is -0.940. The van der Waals surface area contributed by atoms with E-state index in [2.05, 4.69) is 42.7 Å². The first-order valence-corrected chi connectivity index (χ1v) is 7.42. The first kappa shape index (κ1) is 15.1. The van der Waals surface area contributed by atoms with Crippen LogP contribution in [0.25, 0.3) is 0 Å². The molecule has 5 heteroatoms. The van der Waals surface area contributed by atoms with Crippen LogP contribution < -0.4 is 10.7 Å². The molecule has 3 nitrogen and oxygen atoms in total. The van der Waals surface area contributed by atoms with E-state index in [0.717, 1.165) is 25.1 Å². The second kappa shape index (κ2) is 7.48. The van der Waals surface area contributed by atoms with Crippen molar-refractivity contribution in [1.29, 1.82) is 0 Å².